The number of nitrogens with two attached hydrogens (primary N) is 1. The molecule has 5 heteroatoms. The quantitative estimate of drug-likeness (QED) is 0.799. The largest absolute Gasteiger partial charge is 0.384 e. The van der Waals surface area contributed by atoms with Gasteiger partial charge in [-0.2, -0.15) is 0 Å². The molecule has 0 saturated heterocycles. The summed E-state index contributed by atoms with van der Waals surface area (Å²) in [7, 11) is 1.72. The third-order valence-corrected chi connectivity index (χ3v) is 3.57. The molecule has 0 aromatic carbocycles. The van der Waals surface area contributed by atoms with E-state index in [4.69, 9.17) is 10.5 Å². The zero-order valence-corrected chi connectivity index (χ0v) is 10.6. The predicted molar refractivity (Wildman–Crippen MR) is 69.4 cm³/mol. The lowest BCUT2D eigenvalue weighted by atomic mass is 9.69. The van der Waals surface area contributed by atoms with Crippen LogP contribution in [0.3, 0.4) is 0 Å². The number of aromatic nitrogens is 1. The Morgan fingerprint density at radius 1 is 1.61 bits per heavy atom. The van der Waals surface area contributed by atoms with Gasteiger partial charge in [0.15, 0.2) is 0 Å². The zero-order valence-electron chi connectivity index (χ0n) is 10.6. The van der Waals surface area contributed by atoms with Crippen LogP contribution in [0.1, 0.15) is 29.6 Å². The molecular weight excluding hydrogens is 230 g/mol. The van der Waals surface area contributed by atoms with Gasteiger partial charge in [-0.3, -0.25) is 4.79 Å². The van der Waals surface area contributed by atoms with Crippen molar-refractivity contribution in [3.05, 3.63) is 23.9 Å². The summed E-state index contributed by atoms with van der Waals surface area (Å²) >= 11 is 0. The van der Waals surface area contributed by atoms with E-state index in [1.165, 1.54) is 6.42 Å². The molecule has 0 unspecified atom stereocenters. The van der Waals surface area contributed by atoms with E-state index >= 15 is 0 Å². The average molecular weight is 249 g/mol. The summed E-state index contributed by atoms with van der Waals surface area (Å²) in [4.78, 5) is 15.4. The predicted octanol–water partition coefficient (Wildman–Crippen LogP) is 1.41. The number of nitrogens with one attached hydrogen (secondary N) is 1. The van der Waals surface area contributed by atoms with E-state index in [0.29, 0.717) is 11.4 Å². The van der Waals surface area contributed by atoms with E-state index in [9.17, 15) is 4.79 Å². The second kappa shape index (κ2) is 5.35. The topological polar surface area (TPSA) is 77.2 Å². The highest BCUT2D eigenvalue weighted by atomic mass is 16.5. The number of rotatable bonds is 6. The van der Waals surface area contributed by atoms with Crippen molar-refractivity contribution in [1.29, 1.82) is 0 Å². The summed E-state index contributed by atoms with van der Waals surface area (Å²) in [6, 6.07) is 3.39. The van der Waals surface area contributed by atoms with Gasteiger partial charge in [0.05, 0.1) is 12.2 Å². The zero-order chi connectivity index (χ0) is 13.0. The SMILES string of the molecule is COCC1(CNc2ncccc2C(N)=O)CCC1. The minimum atomic E-state index is -0.458. The highest BCUT2D eigenvalue weighted by molar-refractivity contribution is 5.97. The van der Waals surface area contributed by atoms with Crippen molar-refractivity contribution in [2.24, 2.45) is 11.1 Å². The molecule has 18 heavy (non-hydrogen) atoms. The molecule has 1 aromatic heterocycles. The van der Waals surface area contributed by atoms with Crippen molar-refractivity contribution in [2.75, 3.05) is 25.6 Å². The number of pyridine rings is 1. The number of hydrogen-bond acceptors (Lipinski definition) is 4. The molecule has 0 aliphatic heterocycles. The third kappa shape index (κ3) is 2.61. The summed E-state index contributed by atoms with van der Waals surface area (Å²) in [5, 5.41) is 3.23. The maximum Gasteiger partial charge on any atom is 0.252 e. The molecule has 1 aliphatic rings. The molecular formula is C13H19N3O2. The van der Waals surface area contributed by atoms with Gasteiger partial charge in [0, 0.05) is 25.3 Å². The Labute approximate surface area is 107 Å². The lowest BCUT2D eigenvalue weighted by Crippen LogP contribution is -2.40. The molecule has 5 nitrogen and oxygen atoms in total. The van der Waals surface area contributed by atoms with E-state index in [1.54, 1.807) is 25.4 Å². The van der Waals surface area contributed by atoms with E-state index < -0.39 is 5.91 Å². The molecule has 3 N–H and O–H groups in total. The monoisotopic (exact) mass is 249 g/mol. The van der Waals surface area contributed by atoms with E-state index in [2.05, 4.69) is 10.3 Å². The normalized spacial score (nSPS) is 16.9. The van der Waals surface area contributed by atoms with Crippen molar-refractivity contribution in [1.82, 2.24) is 4.98 Å². The van der Waals surface area contributed by atoms with E-state index in [1.807, 2.05) is 0 Å². The Kier molecular flexibility index (Phi) is 3.81. The minimum Gasteiger partial charge on any atom is -0.384 e. The van der Waals surface area contributed by atoms with Gasteiger partial charge in [-0.1, -0.05) is 6.42 Å². The first-order valence-electron chi connectivity index (χ1n) is 6.14. The van der Waals surface area contributed by atoms with Gasteiger partial charge >= 0.3 is 0 Å². The molecule has 1 fully saturated rings. The lowest BCUT2D eigenvalue weighted by molar-refractivity contribution is 0.0282. The molecule has 1 saturated carbocycles. The van der Waals surface area contributed by atoms with Crippen molar-refractivity contribution in [2.45, 2.75) is 19.3 Å². The number of methoxy groups -OCH3 is 1. The molecule has 1 heterocycles. The molecule has 0 radical (unpaired) electrons. The van der Waals surface area contributed by atoms with Gasteiger partial charge in [-0.05, 0) is 25.0 Å². The fraction of sp³-hybridized carbons (Fsp3) is 0.538. The Bertz CT molecular complexity index is 430. The first kappa shape index (κ1) is 12.8. The standard InChI is InChI=1S/C13H19N3O2/c1-18-9-13(5-3-6-13)8-16-12-10(11(14)17)4-2-7-15-12/h2,4,7H,3,5-6,8-9H2,1H3,(H2,14,17)(H,15,16). The molecule has 1 aliphatic carbocycles. The lowest BCUT2D eigenvalue weighted by Gasteiger charge is -2.41. The minimum absolute atomic E-state index is 0.182. The molecule has 1 aromatic rings. The van der Waals surface area contributed by atoms with E-state index in [0.717, 1.165) is 26.0 Å². The van der Waals surface area contributed by atoms with Gasteiger partial charge in [0.1, 0.15) is 5.82 Å². The maximum absolute atomic E-state index is 11.3. The Hall–Kier alpha value is -1.62. The Morgan fingerprint density at radius 2 is 2.39 bits per heavy atom. The van der Waals surface area contributed by atoms with Crippen LogP contribution in [0.4, 0.5) is 5.82 Å². The van der Waals surface area contributed by atoms with Crippen LogP contribution >= 0.6 is 0 Å². The summed E-state index contributed by atoms with van der Waals surface area (Å²) in [6.45, 7) is 1.50. The van der Waals surface area contributed by atoms with Crippen LogP contribution in [-0.4, -0.2) is 31.2 Å². The third-order valence-electron chi connectivity index (χ3n) is 3.57. The molecule has 0 atom stereocenters. The molecule has 98 valence electrons. The van der Waals surface area contributed by atoms with Gasteiger partial charge in [0.25, 0.3) is 5.91 Å². The number of primary amides is 1. The molecule has 2 rings (SSSR count). The Morgan fingerprint density at radius 3 is 2.94 bits per heavy atom. The van der Waals surface area contributed by atoms with Gasteiger partial charge in [0.2, 0.25) is 0 Å². The highest BCUT2D eigenvalue weighted by Crippen LogP contribution is 2.41. The van der Waals surface area contributed by atoms with Crippen LogP contribution in [0.2, 0.25) is 0 Å². The Balaban J connectivity index is 2.03. The van der Waals surface area contributed by atoms with Crippen LogP contribution in [-0.2, 0) is 4.74 Å². The molecule has 0 bridgehead atoms. The van der Waals surface area contributed by atoms with Crippen molar-refractivity contribution in [3.8, 4) is 0 Å². The maximum atomic E-state index is 11.3. The van der Waals surface area contributed by atoms with Gasteiger partial charge in [-0.25, -0.2) is 4.98 Å². The fourth-order valence-electron chi connectivity index (χ4n) is 2.37. The first-order chi connectivity index (χ1) is 8.67. The van der Waals surface area contributed by atoms with Crippen LogP contribution < -0.4 is 11.1 Å². The van der Waals surface area contributed by atoms with Gasteiger partial charge in [-0.15, -0.1) is 0 Å². The van der Waals surface area contributed by atoms with Crippen LogP contribution in [0.15, 0.2) is 18.3 Å². The number of amides is 1. The van der Waals surface area contributed by atoms with Gasteiger partial charge < -0.3 is 15.8 Å². The van der Waals surface area contributed by atoms with Crippen molar-refractivity contribution >= 4 is 11.7 Å². The summed E-state index contributed by atoms with van der Waals surface area (Å²) in [6.07, 6.45) is 5.17. The number of hydrogen-bond donors (Lipinski definition) is 2. The van der Waals surface area contributed by atoms with Crippen LogP contribution in [0.5, 0.6) is 0 Å². The number of carbonyl (C=O) groups is 1. The number of ether oxygens (including phenoxy) is 1. The van der Waals surface area contributed by atoms with Crippen LogP contribution in [0.25, 0.3) is 0 Å². The smallest absolute Gasteiger partial charge is 0.252 e. The average Bonchev–Trinajstić information content (AvgIpc) is 2.32. The summed E-state index contributed by atoms with van der Waals surface area (Å²) in [5.74, 6) is 0.104. The van der Waals surface area contributed by atoms with Crippen LogP contribution in [0, 0.1) is 5.41 Å². The summed E-state index contributed by atoms with van der Waals surface area (Å²) < 4.78 is 5.26. The molecule has 0 spiro atoms. The number of nitrogens with zero attached hydrogens (tertiary/aromatic N) is 1. The number of anilines is 1. The highest BCUT2D eigenvalue weighted by Gasteiger charge is 2.37. The molecule has 1 amide bonds. The van der Waals surface area contributed by atoms with E-state index in [-0.39, 0.29) is 5.41 Å². The first-order valence-corrected chi connectivity index (χ1v) is 6.14. The second-order valence-electron chi connectivity index (χ2n) is 4.90. The van der Waals surface area contributed by atoms with Crippen molar-refractivity contribution in [3.63, 3.8) is 0 Å². The second-order valence-corrected chi connectivity index (χ2v) is 4.90. The number of carbonyl (C=O) groups excluding carboxylic acids is 1. The fourth-order valence-corrected chi connectivity index (χ4v) is 2.37. The van der Waals surface area contributed by atoms with Crippen molar-refractivity contribution < 1.29 is 9.53 Å². The summed E-state index contributed by atoms with van der Waals surface area (Å²) in [5.41, 5.74) is 5.93.